The molecule has 1 rings (SSSR count). The van der Waals surface area contributed by atoms with Crippen molar-refractivity contribution in [1.29, 1.82) is 0 Å². The molecule has 1 aromatic heterocycles. The molecule has 0 bridgehead atoms. The molecule has 0 fully saturated rings. The molecular weight excluding hydrogens is 206 g/mol. The van der Waals surface area contributed by atoms with Crippen molar-refractivity contribution in [3.8, 4) is 0 Å². The van der Waals surface area contributed by atoms with Crippen LogP contribution in [0.4, 0.5) is 0 Å². The lowest BCUT2D eigenvalue weighted by Crippen LogP contribution is -2.12. The molecule has 11 heavy (non-hydrogen) atoms. The molecule has 2 nitrogen and oxygen atoms in total. The lowest BCUT2D eigenvalue weighted by atomic mass is 10.4. The van der Waals surface area contributed by atoms with Crippen LogP contribution in [0.25, 0.3) is 0 Å². The average Bonchev–Trinajstić information content (AvgIpc) is 2.37. The summed E-state index contributed by atoms with van der Waals surface area (Å²) in [6.45, 7) is 5.13. The van der Waals surface area contributed by atoms with Crippen molar-refractivity contribution in [2.75, 3.05) is 6.54 Å². The van der Waals surface area contributed by atoms with E-state index in [0.717, 1.165) is 23.3 Å². The van der Waals surface area contributed by atoms with Crippen molar-refractivity contribution in [2.24, 2.45) is 0 Å². The minimum Gasteiger partial charge on any atom is -0.467 e. The fourth-order valence-corrected chi connectivity index (χ4v) is 1.08. The third kappa shape index (κ3) is 2.52. The molecular formula is C8H10BrNO. The van der Waals surface area contributed by atoms with Gasteiger partial charge in [-0.05, 0) is 22.0 Å². The number of nitrogens with one attached hydrogen (secondary N) is 1. The van der Waals surface area contributed by atoms with Crippen molar-refractivity contribution >= 4 is 15.9 Å². The zero-order chi connectivity index (χ0) is 8.10. The summed E-state index contributed by atoms with van der Waals surface area (Å²) in [5, 5.41) is 3.14. The minimum atomic E-state index is 0.736. The highest BCUT2D eigenvalue weighted by molar-refractivity contribution is 9.10. The van der Waals surface area contributed by atoms with E-state index < -0.39 is 0 Å². The van der Waals surface area contributed by atoms with E-state index in [4.69, 9.17) is 4.42 Å². The van der Waals surface area contributed by atoms with E-state index in [1.807, 2.05) is 12.1 Å². The van der Waals surface area contributed by atoms with Gasteiger partial charge in [-0.2, -0.15) is 0 Å². The van der Waals surface area contributed by atoms with Crippen LogP contribution in [0.5, 0.6) is 0 Å². The first-order valence-corrected chi connectivity index (χ1v) is 4.17. The highest BCUT2D eigenvalue weighted by Crippen LogP contribution is 2.16. The van der Waals surface area contributed by atoms with Crippen LogP contribution in [0, 0.1) is 0 Å². The molecule has 1 N–H and O–H groups in total. The Kier molecular flexibility index (Phi) is 3.39. The molecule has 0 aliphatic rings. The van der Waals surface area contributed by atoms with Gasteiger partial charge in [-0.1, -0.05) is 6.08 Å². The Morgan fingerprint density at radius 1 is 1.73 bits per heavy atom. The van der Waals surface area contributed by atoms with Crippen molar-refractivity contribution in [3.05, 3.63) is 35.2 Å². The van der Waals surface area contributed by atoms with Crippen molar-refractivity contribution in [2.45, 2.75) is 6.54 Å². The predicted molar refractivity (Wildman–Crippen MR) is 48.3 cm³/mol. The molecule has 0 radical (unpaired) electrons. The third-order valence-corrected chi connectivity index (χ3v) is 1.97. The standard InChI is InChI=1S/C8H10BrNO/c1-2-4-10-6-8-7(9)3-5-11-8/h2-3,5,10H,1,4,6H2. The summed E-state index contributed by atoms with van der Waals surface area (Å²) in [4.78, 5) is 0. The van der Waals surface area contributed by atoms with Gasteiger partial charge in [-0.15, -0.1) is 6.58 Å². The first kappa shape index (κ1) is 8.56. The predicted octanol–water partition coefficient (Wildman–Crippen LogP) is 2.32. The van der Waals surface area contributed by atoms with Gasteiger partial charge in [0.15, 0.2) is 0 Å². The Morgan fingerprint density at radius 3 is 3.09 bits per heavy atom. The molecule has 1 aromatic rings. The van der Waals surface area contributed by atoms with Gasteiger partial charge in [0.05, 0.1) is 17.3 Å². The Balaban J connectivity index is 2.38. The summed E-state index contributed by atoms with van der Waals surface area (Å²) in [7, 11) is 0. The van der Waals surface area contributed by atoms with Gasteiger partial charge in [0.1, 0.15) is 5.76 Å². The normalized spacial score (nSPS) is 9.91. The van der Waals surface area contributed by atoms with Crippen LogP contribution in [0.3, 0.4) is 0 Å². The van der Waals surface area contributed by atoms with Crippen LogP contribution in [0.15, 0.2) is 33.9 Å². The first-order valence-electron chi connectivity index (χ1n) is 3.38. The van der Waals surface area contributed by atoms with Gasteiger partial charge in [0, 0.05) is 6.54 Å². The van der Waals surface area contributed by atoms with E-state index in [1.165, 1.54) is 0 Å². The Labute approximate surface area is 74.4 Å². The van der Waals surface area contributed by atoms with Crippen LogP contribution in [-0.2, 0) is 6.54 Å². The summed E-state index contributed by atoms with van der Waals surface area (Å²) >= 11 is 3.36. The molecule has 60 valence electrons. The largest absolute Gasteiger partial charge is 0.467 e. The smallest absolute Gasteiger partial charge is 0.131 e. The van der Waals surface area contributed by atoms with E-state index in [2.05, 4.69) is 27.8 Å². The van der Waals surface area contributed by atoms with Gasteiger partial charge in [0.2, 0.25) is 0 Å². The lowest BCUT2D eigenvalue weighted by Gasteiger charge is -1.97. The van der Waals surface area contributed by atoms with Gasteiger partial charge in [-0.25, -0.2) is 0 Å². The zero-order valence-electron chi connectivity index (χ0n) is 6.14. The van der Waals surface area contributed by atoms with Crippen LogP contribution in [-0.4, -0.2) is 6.54 Å². The Hall–Kier alpha value is -0.540. The maximum Gasteiger partial charge on any atom is 0.131 e. The molecule has 0 saturated heterocycles. The van der Waals surface area contributed by atoms with Gasteiger partial charge in [-0.3, -0.25) is 0 Å². The summed E-state index contributed by atoms with van der Waals surface area (Å²) in [6.07, 6.45) is 3.48. The summed E-state index contributed by atoms with van der Waals surface area (Å²) in [5.74, 6) is 0.923. The highest BCUT2D eigenvalue weighted by atomic mass is 79.9. The summed E-state index contributed by atoms with van der Waals surface area (Å²) in [6, 6.07) is 1.88. The van der Waals surface area contributed by atoms with Crippen LogP contribution in [0.1, 0.15) is 5.76 Å². The maximum absolute atomic E-state index is 5.17. The van der Waals surface area contributed by atoms with Crippen LogP contribution >= 0.6 is 15.9 Å². The Morgan fingerprint density at radius 2 is 2.55 bits per heavy atom. The molecule has 0 aliphatic carbocycles. The second-order valence-electron chi connectivity index (χ2n) is 2.11. The second-order valence-corrected chi connectivity index (χ2v) is 2.97. The molecule has 0 aromatic carbocycles. The second kappa shape index (κ2) is 4.36. The third-order valence-electron chi connectivity index (χ3n) is 1.27. The van der Waals surface area contributed by atoms with Gasteiger partial charge < -0.3 is 9.73 Å². The SMILES string of the molecule is C=CCNCc1occc1Br. The first-order chi connectivity index (χ1) is 5.34. The van der Waals surface area contributed by atoms with E-state index in [0.29, 0.717) is 0 Å². The number of halogens is 1. The highest BCUT2D eigenvalue weighted by Gasteiger charge is 2.00. The van der Waals surface area contributed by atoms with Crippen molar-refractivity contribution in [1.82, 2.24) is 5.32 Å². The van der Waals surface area contributed by atoms with Crippen molar-refractivity contribution in [3.63, 3.8) is 0 Å². The number of hydrogen-bond acceptors (Lipinski definition) is 2. The van der Waals surface area contributed by atoms with E-state index >= 15 is 0 Å². The molecule has 0 unspecified atom stereocenters. The van der Waals surface area contributed by atoms with Crippen LogP contribution < -0.4 is 5.32 Å². The minimum absolute atomic E-state index is 0.736. The number of hydrogen-bond donors (Lipinski definition) is 1. The molecule has 0 aliphatic heterocycles. The quantitative estimate of drug-likeness (QED) is 0.617. The fraction of sp³-hybridized carbons (Fsp3) is 0.250. The van der Waals surface area contributed by atoms with Gasteiger partial charge >= 0.3 is 0 Å². The number of rotatable bonds is 4. The van der Waals surface area contributed by atoms with E-state index in [-0.39, 0.29) is 0 Å². The number of furan rings is 1. The maximum atomic E-state index is 5.17. The molecule has 0 spiro atoms. The van der Waals surface area contributed by atoms with Crippen LogP contribution in [0.2, 0.25) is 0 Å². The Bertz CT molecular complexity index is 232. The molecule has 0 atom stereocenters. The summed E-state index contributed by atoms with van der Waals surface area (Å²) < 4.78 is 6.18. The monoisotopic (exact) mass is 215 g/mol. The van der Waals surface area contributed by atoms with E-state index in [1.54, 1.807) is 6.26 Å². The topological polar surface area (TPSA) is 25.2 Å². The molecule has 1 heterocycles. The fourth-order valence-electron chi connectivity index (χ4n) is 0.739. The summed E-state index contributed by atoms with van der Waals surface area (Å²) in [5.41, 5.74) is 0. The van der Waals surface area contributed by atoms with Gasteiger partial charge in [0.25, 0.3) is 0 Å². The molecule has 0 saturated carbocycles. The lowest BCUT2D eigenvalue weighted by molar-refractivity contribution is 0.488. The molecule has 0 amide bonds. The average molecular weight is 216 g/mol. The molecule has 3 heteroatoms. The zero-order valence-corrected chi connectivity index (χ0v) is 7.73. The van der Waals surface area contributed by atoms with Crippen molar-refractivity contribution < 1.29 is 4.42 Å². The van der Waals surface area contributed by atoms with E-state index in [9.17, 15) is 0 Å².